The predicted octanol–water partition coefficient (Wildman–Crippen LogP) is 2.24. The molecule has 5 nitrogen and oxygen atoms in total. The SMILES string of the molecule is CC(C)n1nccc1N(C)C(=O)COC(C)(C)C. The van der Waals surface area contributed by atoms with E-state index in [9.17, 15) is 4.79 Å². The summed E-state index contributed by atoms with van der Waals surface area (Å²) in [4.78, 5) is 13.6. The molecule has 1 heterocycles. The van der Waals surface area contributed by atoms with E-state index in [1.807, 2.05) is 45.4 Å². The molecule has 0 N–H and O–H groups in total. The molecule has 0 aliphatic carbocycles. The van der Waals surface area contributed by atoms with Gasteiger partial charge in [-0.05, 0) is 34.6 Å². The third-order valence-corrected chi connectivity index (χ3v) is 2.48. The van der Waals surface area contributed by atoms with Gasteiger partial charge in [-0.3, -0.25) is 9.69 Å². The molecule has 0 radical (unpaired) electrons. The molecule has 0 atom stereocenters. The van der Waals surface area contributed by atoms with E-state index in [2.05, 4.69) is 5.10 Å². The smallest absolute Gasteiger partial charge is 0.253 e. The molecule has 0 aromatic carbocycles. The minimum Gasteiger partial charge on any atom is -0.366 e. The first kappa shape index (κ1) is 14.7. The van der Waals surface area contributed by atoms with Crippen molar-refractivity contribution < 1.29 is 9.53 Å². The number of ether oxygens (including phenoxy) is 1. The van der Waals surface area contributed by atoms with Crippen LogP contribution in [0, 0.1) is 0 Å². The second kappa shape index (κ2) is 5.52. The summed E-state index contributed by atoms with van der Waals surface area (Å²) >= 11 is 0. The normalized spacial score (nSPS) is 11.9. The second-order valence-electron chi connectivity index (χ2n) is 5.58. The Bertz CT molecular complexity index is 405. The molecule has 1 aromatic heterocycles. The molecular formula is C13H23N3O2. The van der Waals surface area contributed by atoms with Crippen LogP contribution in [0.1, 0.15) is 40.7 Å². The summed E-state index contributed by atoms with van der Waals surface area (Å²) in [5.74, 6) is 0.708. The zero-order valence-electron chi connectivity index (χ0n) is 12.1. The van der Waals surface area contributed by atoms with Gasteiger partial charge in [0.1, 0.15) is 12.4 Å². The largest absolute Gasteiger partial charge is 0.366 e. The van der Waals surface area contributed by atoms with Gasteiger partial charge in [0.2, 0.25) is 0 Å². The number of hydrogen-bond acceptors (Lipinski definition) is 3. The standard InChI is InChI=1S/C13H23N3O2/c1-10(2)16-11(7-8-14-16)15(6)12(17)9-18-13(3,4)5/h7-8,10H,9H2,1-6H3. The molecule has 0 unspecified atom stereocenters. The van der Waals surface area contributed by atoms with Crippen LogP contribution in [0.25, 0.3) is 0 Å². The number of anilines is 1. The van der Waals surface area contributed by atoms with Gasteiger partial charge >= 0.3 is 0 Å². The van der Waals surface area contributed by atoms with Crippen molar-refractivity contribution in [2.24, 2.45) is 0 Å². The van der Waals surface area contributed by atoms with Crippen molar-refractivity contribution in [3.8, 4) is 0 Å². The van der Waals surface area contributed by atoms with Gasteiger partial charge in [-0.15, -0.1) is 0 Å². The monoisotopic (exact) mass is 253 g/mol. The maximum absolute atomic E-state index is 12.0. The highest BCUT2D eigenvalue weighted by molar-refractivity contribution is 5.92. The van der Waals surface area contributed by atoms with Gasteiger partial charge in [-0.1, -0.05) is 0 Å². The lowest BCUT2D eigenvalue weighted by atomic mass is 10.2. The van der Waals surface area contributed by atoms with Crippen LogP contribution in [0.2, 0.25) is 0 Å². The fourth-order valence-electron chi connectivity index (χ4n) is 1.47. The molecule has 0 aliphatic rings. The molecule has 102 valence electrons. The van der Waals surface area contributed by atoms with Crippen LogP contribution in [0.3, 0.4) is 0 Å². The van der Waals surface area contributed by atoms with Crippen molar-refractivity contribution >= 4 is 11.7 Å². The topological polar surface area (TPSA) is 47.4 Å². The zero-order valence-corrected chi connectivity index (χ0v) is 12.1. The van der Waals surface area contributed by atoms with Crippen LogP contribution in [0.4, 0.5) is 5.82 Å². The Morgan fingerprint density at radius 2 is 2.11 bits per heavy atom. The van der Waals surface area contributed by atoms with Gasteiger partial charge in [-0.2, -0.15) is 5.10 Å². The van der Waals surface area contributed by atoms with Crippen molar-refractivity contribution in [3.63, 3.8) is 0 Å². The van der Waals surface area contributed by atoms with Crippen molar-refractivity contribution in [3.05, 3.63) is 12.3 Å². The van der Waals surface area contributed by atoms with E-state index in [1.54, 1.807) is 18.1 Å². The van der Waals surface area contributed by atoms with Crippen molar-refractivity contribution in [2.75, 3.05) is 18.6 Å². The Hall–Kier alpha value is -1.36. The highest BCUT2D eigenvalue weighted by atomic mass is 16.5. The number of amides is 1. The Kier molecular flexibility index (Phi) is 4.51. The summed E-state index contributed by atoms with van der Waals surface area (Å²) in [6, 6.07) is 2.04. The predicted molar refractivity (Wildman–Crippen MR) is 71.7 cm³/mol. The van der Waals surface area contributed by atoms with Crippen LogP contribution in [-0.4, -0.2) is 34.9 Å². The van der Waals surface area contributed by atoms with Gasteiger partial charge < -0.3 is 4.74 Å². The van der Waals surface area contributed by atoms with Gasteiger partial charge in [0, 0.05) is 19.2 Å². The maximum atomic E-state index is 12.0. The highest BCUT2D eigenvalue weighted by Crippen LogP contribution is 2.17. The third-order valence-electron chi connectivity index (χ3n) is 2.48. The average Bonchev–Trinajstić information content (AvgIpc) is 2.72. The van der Waals surface area contributed by atoms with E-state index in [0.717, 1.165) is 5.82 Å². The van der Waals surface area contributed by atoms with Crippen LogP contribution < -0.4 is 4.90 Å². The van der Waals surface area contributed by atoms with E-state index in [1.165, 1.54) is 0 Å². The summed E-state index contributed by atoms with van der Waals surface area (Å²) < 4.78 is 7.30. The summed E-state index contributed by atoms with van der Waals surface area (Å²) in [6.07, 6.45) is 1.70. The number of nitrogens with zero attached hydrogens (tertiary/aromatic N) is 3. The lowest BCUT2D eigenvalue weighted by Gasteiger charge is -2.23. The number of aromatic nitrogens is 2. The molecule has 1 aromatic rings. The Labute approximate surface area is 109 Å². The molecule has 0 saturated heterocycles. The zero-order chi connectivity index (χ0) is 13.9. The van der Waals surface area contributed by atoms with Crippen LogP contribution in [0.5, 0.6) is 0 Å². The quantitative estimate of drug-likeness (QED) is 0.826. The fraction of sp³-hybridized carbons (Fsp3) is 0.692. The van der Waals surface area contributed by atoms with E-state index >= 15 is 0 Å². The van der Waals surface area contributed by atoms with Gasteiger partial charge in [0.25, 0.3) is 5.91 Å². The highest BCUT2D eigenvalue weighted by Gasteiger charge is 2.19. The molecule has 0 bridgehead atoms. The van der Waals surface area contributed by atoms with Gasteiger partial charge in [-0.25, -0.2) is 4.68 Å². The van der Waals surface area contributed by atoms with Crippen LogP contribution in [0.15, 0.2) is 12.3 Å². The minimum atomic E-state index is -0.311. The molecule has 0 fully saturated rings. The van der Waals surface area contributed by atoms with E-state index in [-0.39, 0.29) is 24.2 Å². The first-order valence-electron chi connectivity index (χ1n) is 6.16. The fourth-order valence-corrected chi connectivity index (χ4v) is 1.47. The number of carbonyl (C=O) groups excluding carboxylic acids is 1. The van der Waals surface area contributed by atoms with Crippen molar-refractivity contribution in [1.29, 1.82) is 0 Å². The molecule has 1 amide bonds. The Morgan fingerprint density at radius 1 is 1.50 bits per heavy atom. The maximum Gasteiger partial charge on any atom is 0.253 e. The molecule has 0 spiro atoms. The lowest BCUT2D eigenvalue weighted by Crippen LogP contribution is -2.35. The average molecular weight is 253 g/mol. The molecule has 0 aliphatic heterocycles. The van der Waals surface area contributed by atoms with E-state index in [0.29, 0.717) is 0 Å². The summed E-state index contributed by atoms with van der Waals surface area (Å²) in [5, 5.41) is 4.21. The molecule has 5 heteroatoms. The summed E-state index contributed by atoms with van der Waals surface area (Å²) in [5.41, 5.74) is -0.311. The molecule has 0 saturated carbocycles. The lowest BCUT2D eigenvalue weighted by molar-refractivity contribution is -0.127. The first-order chi connectivity index (χ1) is 8.22. The van der Waals surface area contributed by atoms with Crippen LogP contribution in [-0.2, 0) is 9.53 Å². The number of rotatable bonds is 4. The molecular weight excluding hydrogens is 230 g/mol. The second-order valence-corrected chi connectivity index (χ2v) is 5.58. The van der Waals surface area contributed by atoms with Gasteiger partial charge in [0.05, 0.1) is 11.8 Å². The molecule has 1 rings (SSSR count). The van der Waals surface area contributed by atoms with E-state index in [4.69, 9.17) is 4.74 Å². The van der Waals surface area contributed by atoms with Crippen LogP contribution >= 0.6 is 0 Å². The third kappa shape index (κ3) is 3.84. The number of carbonyl (C=O) groups is 1. The van der Waals surface area contributed by atoms with Crippen molar-refractivity contribution in [2.45, 2.75) is 46.3 Å². The Balaban J connectivity index is 2.72. The van der Waals surface area contributed by atoms with Crippen molar-refractivity contribution in [1.82, 2.24) is 9.78 Å². The number of likely N-dealkylation sites (N-methyl/N-ethyl adjacent to an activating group) is 1. The van der Waals surface area contributed by atoms with Gasteiger partial charge in [0.15, 0.2) is 0 Å². The minimum absolute atomic E-state index is 0.0727. The summed E-state index contributed by atoms with van der Waals surface area (Å²) in [6.45, 7) is 9.92. The summed E-state index contributed by atoms with van der Waals surface area (Å²) in [7, 11) is 1.74. The van der Waals surface area contributed by atoms with E-state index < -0.39 is 0 Å². The molecule has 18 heavy (non-hydrogen) atoms. The Morgan fingerprint density at radius 3 is 2.61 bits per heavy atom. The number of hydrogen-bond donors (Lipinski definition) is 0. The first-order valence-corrected chi connectivity index (χ1v) is 6.16.